The van der Waals surface area contributed by atoms with Crippen LogP contribution in [0.5, 0.6) is 0 Å². The third-order valence-corrected chi connectivity index (χ3v) is 4.25. The van der Waals surface area contributed by atoms with E-state index in [0.29, 0.717) is 11.7 Å². The number of nitrogens with zero attached hydrogens (tertiary/aromatic N) is 3. The average molecular weight is 291 g/mol. The van der Waals surface area contributed by atoms with Crippen molar-refractivity contribution in [3.05, 3.63) is 17.5 Å². The third kappa shape index (κ3) is 3.30. The highest BCUT2D eigenvalue weighted by atomic mass is 16.2. The van der Waals surface area contributed by atoms with Crippen LogP contribution in [0, 0.1) is 6.92 Å². The first-order valence-electron chi connectivity index (χ1n) is 8.11. The monoisotopic (exact) mass is 291 g/mol. The van der Waals surface area contributed by atoms with Crippen LogP contribution >= 0.6 is 0 Å². The molecule has 1 fully saturated rings. The number of hydrogen-bond acceptors (Lipinski definition) is 2. The maximum atomic E-state index is 12.9. The van der Waals surface area contributed by atoms with Gasteiger partial charge in [-0.05, 0) is 60.5 Å². The Bertz CT molecular complexity index is 505. The summed E-state index contributed by atoms with van der Waals surface area (Å²) in [4.78, 5) is 15.0. The van der Waals surface area contributed by atoms with Crippen LogP contribution in [0.4, 0.5) is 0 Å². The van der Waals surface area contributed by atoms with E-state index in [4.69, 9.17) is 0 Å². The molecule has 0 atom stereocenters. The SMILES string of the molecule is Cc1cc(C(=O)N(C(C)C)C2CCCC2)nn1C(C)(C)C. The van der Waals surface area contributed by atoms with Crippen molar-refractivity contribution >= 4 is 5.91 Å². The summed E-state index contributed by atoms with van der Waals surface area (Å²) in [6.07, 6.45) is 4.72. The first-order chi connectivity index (χ1) is 9.71. The summed E-state index contributed by atoms with van der Waals surface area (Å²) in [6, 6.07) is 2.54. The summed E-state index contributed by atoms with van der Waals surface area (Å²) in [7, 11) is 0. The Kier molecular flexibility index (Phi) is 4.45. The number of carbonyl (C=O) groups is 1. The van der Waals surface area contributed by atoms with Crippen LogP contribution in [-0.2, 0) is 5.54 Å². The van der Waals surface area contributed by atoms with Crippen molar-refractivity contribution in [1.82, 2.24) is 14.7 Å². The van der Waals surface area contributed by atoms with Crippen molar-refractivity contribution in [3.63, 3.8) is 0 Å². The normalized spacial score (nSPS) is 16.7. The molecule has 1 heterocycles. The predicted octanol–water partition coefficient (Wildman–Crippen LogP) is 3.74. The summed E-state index contributed by atoms with van der Waals surface area (Å²) < 4.78 is 1.95. The van der Waals surface area contributed by atoms with Gasteiger partial charge in [0.05, 0.1) is 5.54 Å². The third-order valence-electron chi connectivity index (χ3n) is 4.25. The fourth-order valence-corrected chi connectivity index (χ4v) is 3.39. The van der Waals surface area contributed by atoms with E-state index < -0.39 is 0 Å². The lowest BCUT2D eigenvalue weighted by molar-refractivity contribution is 0.0605. The van der Waals surface area contributed by atoms with Gasteiger partial charge in [-0.15, -0.1) is 0 Å². The molecule has 1 aromatic heterocycles. The van der Waals surface area contributed by atoms with Crippen LogP contribution in [0.25, 0.3) is 0 Å². The summed E-state index contributed by atoms with van der Waals surface area (Å²) in [5.74, 6) is 0.0861. The van der Waals surface area contributed by atoms with Crippen molar-refractivity contribution in [2.24, 2.45) is 0 Å². The summed E-state index contributed by atoms with van der Waals surface area (Å²) >= 11 is 0. The van der Waals surface area contributed by atoms with Gasteiger partial charge in [-0.2, -0.15) is 5.10 Å². The van der Waals surface area contributed by atoms with E-state index in [1.54, 1.807) is 0 Å². The molecule has 1 amide bonds. The van der Waals surface area contributed by atoms with Crippen molar-refractivity contribution in [3.8, 4) is 0 Å². The number of aryl methyl sites for hydroxylation is 1. The van der Waals surface area contributed by atoms with Crippen molar-refractivity contribution in [2.45, 2.75) is 84.8 Å². The van der Waals surface area contributed by atoms with Gasteiger partial charge in [-0.3, -0.25) is 9.48 Å². The molecule has 0 N–H and O–H groups in total. The first-order valence-corrected chi connectivity index (χ1v) is 8.11. The fourth-order valence-electron chi connectivity index (χ4n) is 3.39. The minimum Gasteiger partial charge on any atom is -0.332 e. The number of hydrogen-bond donors (Lipinski definition) is 0. The Morgan fingerprint density at radius 3 is 2.33 bits per heavy atom. The maximum absolute atomic E-state index is 12.9. The number of carbonyl (C=O) groups excluding carboxylic acids is 1. The molecule has 2 rings (SSSR count). The molecule has 0 radical (unpaired) electrons. The quantitative estimate of drug-likeness (QED) is 0.851. The fraction of sp³-hybridized carbons (Fsp3) is 0.765. The van der Waals surface area contributed by atoms with Crippen LogP contribution in [0.2, 0.25) is 0 Å². The molecule has 4 heteroatoms. The summed E-state index contributed by atoms with van der Waals surface area (Å²) in [5, 5.41) is 4.58. The molecule has 0 spiro atoms. The molecule has 1 saturated carbocycles. The molecule has 0 saturated heterocycles. The smallest absolute Gasteiger partial charge is 0.274 e. The second-order valence-corrected chi connectivity index (χ2v) is 7.50. The second-order valence-electron chi connectivity index (χ2n) is 7.50. The molecule has 0 aromatic carbocycles. The molecule has 1 aromatic rings. The van der Waals surface area contributed by atoms with Crippen LogP contribution in [0.3, 0.4) is 0 Å². The van der Waals surface area contributed by atoms with Gasteiger partial charge in [0.1, 0.15) is 0 Å². The van der Waals surface area contributed by atoms with Gasteiger partial charge in [0.15, 0.2) is 5.69 Å². The van der Waals surface area contributed by atoms with Crippen LogP contribution in [0.1, 0.15) is 76.5 Å². The lowest BCUT2D eigenvalue weighted by atomic mass is 10.1. The van der Waals surface area contributed by atoms with Crippen LogP contribution in [0.15, 0.2) is 6.07 Å². The lowest BCUT2D eigenvalue weighted by Gasteiger charge is -2.32. The Morgan fingerprint density at radius 2 is 1.90 bits per heavy atom. The molecule has 0 unspecified atom stereocenters. The number of rotatable bonds is 3. The van der Waals surface area contributed by atoms with Crippen LogP contribution < -0.4 is 0 Å². The standard InChI is InChI=1S/C17H29N3O/c1-12(2)19(14-9-7-8-10-14)16(21)15-11-13(3)20(18-15)17(4,5)6/h11-12,14H,7-10H2,1-6H3. The van der Waals surface area contributed by atoms with E-state index in [-0.39, 0.29) is 17.5 Å². The van der Waals surface area contributed by atoms with Gasteiger partial charge in [0.2, 0.25) is 0 Å². The van der Waals surface area contributed by atoms with Gasteiger partial charge >= 0.3 is 0 Å². The molecule has 0 bridgehead atoms. The maximum Gasteiger partial charge on any atom is 0.274 e. The zero-order chi connectivity index (χ0) is 15.8. The Balaban J connectivity index is 2.29. The second kappa shape index (κ2) is 5.82. The number of aromatic nitrogens is 2. The molecule has 1 aliphatic carbocycles. The van der Waals surface area contributed by atoms with Gasteiger partial charge in [-0.25, -0.2) is 0 Å². The highest BCUT2D eigenvalue weighted by Crippen LogP contribution is 2.27. The van der Waals surface area contributed by atoms with Gasteiger partial charge in [0, 0.05) is 17.8 Å². The Labute approximate surface area is 128 Å². The highest BCUT2D eigenvalue weighted by molar-refractivity contribution is 5.92. The largest absolute Gasteiger partial charge is 0.332 e. The zero-order valence-electron chi connectivity index (χ0n) is 14.3. The minimum absolute atomic E-state index is 0.0861. The van der Waals surface area contributed by atoms with E-state index in [9.17, 15) is 4.79 Å². The Morgan fingerprint density at radius 1 is 1.33 bits per heavy atom. The number of amides is 1. The van der Waals surface area contributed by atoms with Gasteiger partial charge < -0.3 is 4.90 Å². The molecule has 4 nitrogen and oxygen atoms in total. The van der Waals surface area contributed by atoms with Crippen molar-refractivity contribution < 1.29 is 4.79 Å². The van der Waals surface area contributed by atoms with E-state index in [0.717, 1.165) is 18.5 Å². The first kappa shape index (κ1) is 16.1. The minimum atomic E-state index is -0.0986. The topological polar surface area (TPSA) is 38.1 Å². The highest BCUT2D eigenvalue weighted by Gasteiger charge is 2.31. The van der Waals surface area contributed by atoms with E-state index in [1.807, 2.05) is 22.6 Å². The van der Waals surface area contributed by atoms with Gasteiger partial charge in [-0.1, -0.05) is 12.8 Å². The van der Waals surface area contributed by atoms with Crippen LogP contribution in [-0.4, -0.2) is 32.7 Å². The summed E-state index contributed by atoms with van der Waals surface area (Å²) in [6.45, 7) is 12.5. The molecule has 0 aliphatic heterocycles. The predicted molar refractivity (Wildman–Crippen MR) is 85.5 cm³/mol. The molecule has 1 aliphatic rings. The Hall–Kier alpha value is -1.32. The van der Waals surface area contributed by atoms with E-state index in [1.165, 1.54) is 12.8 Å². The molecular weight excluding hydrogens is 262 g/mol. The molecule has 21 heavy (non-hydrogen) atoms. The van der Waals surface area contributed by atoms with Crippen molar-refractivity contribution in [1.29, 1.82) is 0 Å². The van der Waals surface area contributed by atoms with E-state index in [2.05, 4.69) is 39.7 Å². The average Bonchev–Trinajstić information content (AvgIpc) is 2.97. The zero-order valence-corrected chi connectivity index (χ0v) is 14.3. The van der Waals surface area contributed by atoms with E-state index >= 15 is 0 Å². The molecular formula is C17H29N3O. The lowest BCUT2D eigenvalue weighted by Crippen LogP contribution is -2.44. The molecule has 118 valence electrons. The summed E-state index contributed by atoms with van der Waals surface area (Å²) in [5.41, 5.74) is 1.53. The van der Waals surface area contributed by atoms with Crippen molar-refractivity contribution in [2.75, 3.05) is 0 Å². The van der Waals surface area contributed by atoms with Gasteiger partial charge in [0.25, 0.3) is 5.91 Å².